The second-order valence-corrected chi connectivity index (χ2v) is 10.3. The molecule has 1 fully saturated rings. The maximum Gasteiger partial charge on any atom is 0.270 e. The minimum Gasteiger partial charge on any atom is -0.484 e. The molecule has 5 nitrogen and oxygen atoms in total. The molecule has 1 heterocycles. The highest BCUT2D eigenvalue weighted by atomic mass is 35.5. The van der Waals surface area contributed by atoms with Crippen molar-refractivity contribution in [2.24, 2.45) is 0 Å². The van der Waals surface area contributed by atoms with Gasteiger partial charge in [0.2, 0.25) is 0 Å². The molecule has 0 saturated carbocycles. The summed E-state index contributed by atoms with van der Waals surface area (Å²) in [4.78, 5) is 27.2. The van der Waals surface area contributed by atoms with Crippen molar-refractivity contribution in [2.45, 2.75) is 20.8 Å². The first-order valence-corrected chi connectivity index (χ1v) is 12.4. The van der Waals surface area contributed by atoms with E-state index in [0.717, 1.165) is 27.9 Å². The van der Waals surface area contributed by atoms with Crippen LogP contribution in [0.1, 0.15) is 22.3 Å². The van der Waals surface area contributed by atoms with Crippen LogP contribution in [-0.4, -0.2) is 22.7 Å². The van der Waals surface area contributed by atoms with E-state index in [1.54, 1.807) is 24.3 Å². The summed E-state index contributed by atoms with van der Waals surface area (Å²) in [5.41, 5.74) is 5.31. The molecule has 8 heteroatoms. The summed E-state index contributed by atoms with van der Waals surface area (Å²) < 4.78 is 6.07. The monoisotopic (exact) mass is 522 g/mol. The molecule has 35 heavy (non-hydrogen) atoms. The summed E-state index contributed by atoms with van der Waals surface area (Å²) >= 11 is 12.9. The molecule has 4 rings (SSSR count). The number of anilines is 2. The van der Waals surface area contributed by atoms with Crippen molar-refractivity contribution < 1.29 is 14.3 Å². The van der Waals surface area contributed by atoms with Crippen molar-refractivity contribution in [1.82, 2.24) is 0 Å². The lowest BCUT2D eigenvalue weighted by atomic mass is 10.1. The number of benzene rings is 3. The zero-order valence-electron chi connectivity index (χ0n) is 19.4. The number of amides is 2. The third-order valence-corrected chi connectivity index (χ3v) is 6.97. The zero-order chi connectivity index (χ0) is 25.1. The molecule has 178 valence electrons. The van der Waals surface area contributed by atoms with E-state index < -0.39 is 0 Å². The summed E-state index contributed by atoms with van der Waals surface area (Å²) in [7, 11) is 0. The van der Waals surface area contributed by atoms with Crippen LogP contribution < -0.4 is 15.0 Å². The molecule has 0 bridgehead atoms. The van der Waals surface area contributed by atoms with Crippen molar-refractivity contribution in [3.63, 3.8) is 0 Å². The van der Waals surface area contributed by atoms with Crippen LogP contribution >= 0.6 is 35.6 Å². The fourth-order valence-electron chi connectivity index (χ4n) is 3.62. The standard InChI is InChI=1S/C27H23ClN2O3S2/c1-16-10-17(2)12-20(11-16)29-25(31)15-33-22-8-5-19(6-9-22)13-24-26(32)30(27(34)35-24)21-7-4-18(3)23(28)14-21/h4-14H,15H2,1-3H3,(H,29,31)/b24-13-. The van der Waals surface area contributed by atoms with Gasteiger partial charge in [-0.25, -0.2) is 0 Å². The maximum absolute atomic E-state index is 13.0. The molecule has 0 radical (unpaired) electrons. The third-order valence-electron chi connectivity index (χ3n) is 5.26. The maximum atomic E-state index is 13.0. The van der Waals surface area contributed by atoms with Gasteiger partial charge in [-0.3, -0.25) is 14.5 Å². The quantitative estimate of drug-likeness (QED) is 0.289. The van der Waals surface area contributed by atoms with Crippen LogP contribution in [0.5, 0.6) is 5.75 Å². The minimum absolute atomic E-state index is 0.107. The lowest BCUT2D eigenvalue weighted by molar-refractivity contribution is -0.118. The van der Waals surface area contributed by atoms with Crippen molar-refractivity contribution in [2.75, 3.05) is 16.8 Å². The number of aryl methyl sites for hydroxylation is 3. The number of thioether (sulfide) groups is 1. The van der Waals surface area contributed by atoms with Crippen LogP contribution in [0.2, 0.25) is 5.02 Å². The Bertz CT molecular complexity index is 1330. The molecule has 0 aromatic heterocycles. The number of nitrogens with zero attached hydrogens (tertiary/aromatic N) is 1. The SMILES string of the molecule is Cc1cc(C)cc(NC(=O)COc2ccc(/C=C3\SC(=S)N(c4ccc(C)c(Cl)c4)C3=O)cc2)c1. The van der Waals surface area contributed by atoms with Gasteiger partial charge in [0.25, 0.3) is 11.8 Å². The van der Waals surface area contributed by atoms with Gasteiger partial charge in [-0.05, 0) is 85.5 Å². The van der Waals surface area contributed by atoms with E-state index in [0.29, 0.717) is 25.7 Å². The number of hydrogen-bond acceptors (Lipinski definition) is 5. The smallest absolute Gasteiger partial charge is 0.270 e. The predicted molar refractivity (Wildman–Crippen MR) is 148 cm³/mol. The number of nitrogens with one attached hydrogen (secondary N) is 1. The third kappa shape index (κ3) is 6.11. The fraction of sp³-hybridized carbons (Fsp3) is 0.148. The Kier molecular flexibility index (Phi) is 7.60. The van der Waals surface area contributed by atoms with Crippen molar-refractivity contribution in [1.29, 1.82) is 0 Å². The molecule has 0 spiro atoms. The van der Waals surface area contributed by atoms with Gasteiger partial charge in [-0.2, -0.15) is 0 Å². The van der Waals surface area contributed by atoms with Gasteiger partial charge in [-0.15, -0.1) is 0 Å². The molecule has 1 aliphatic heterocycles. The van der Waals surface area contributed by atoms with E-state index in [9.17, 15) is 9.59 Å². The van der Waals surface area contributed by atoms with E-state index in [2.05, 4.69) is 5.32 Å². The highest BCUT2D eigenvalue weighted by Crippen LogP contribution is 2.37. The Labute approximate surface area is 219 Å². The number of halogens is 1. The molecule has 1 saturated heterocycles. The normalized spacial score (nSPS) is 14.5. The van der Waals surface area contributed by atoms with Gasteiger partial charge in [0.05, 0.1) is 10.6 Å². The van der Waals surface area contributed by atoms with Crippen LogP contribution in [0.15, 0.2) is 65.6 Å². The molecule has 1 N–H and O–H groups in total. The topological polar surface area (TPSA) is 58.6 Å². The molecular weight excluding hydrogens is 500 g/mol. The summed E-state index contributed by atoms with van der Waals surface area (Å²) in [6.07, 6.45) is 1.78. The first kappa shape index (κ1) is 25.0. The molecule has 1 aliphatic rings. The van der Waals surface area contributed by atoms with E-state index in [1.165, 1.54) is 16.7 Å². The van der Waals surface area contributed by atoms with E-state index in [-0.39, 0.29) is 18.4 Å². The number of ether oxygens (including phenoxy) is 1. The lowest BCUT2D eigenvalue weighted by Gasteiger charge is -2.15. The fourth-order valence-corrected chi connectivity index (χ4v) is 5.09. The van der Waals surface area contributed by atoms with E-state index in [1.807, 2.05) is 63.2 Å². The van der Waals surface area contributed by atoms with Gasteiger partial charge in [0.1, 0.15) is 5.75 Å². The molecule has 3 aromatic rings. The predicted octanol–water partition coefficient (Wildman–Crippen LogP) is 6.69. The van der Waals surface area contributed by atoms with Crippen molar-refractivity contribution in [3.05, 3.63) is 92.8 Å². The molecule has 0 atom stereocenters. The van der Waals surface area contributed by atoms with Crippen molar-refractivity contribution in [3.8, 4) is 5.75 Å². The van der Waals surface area contributed by atoms with Crippen LogP contribution in [0.25, 0.3) is 6.08 Å². The Hall–Kier alpha value is -3.13. The van der Waals surface area contributed by atoms with Crippen molar-refractivity contribution >= 4 is 69.2 Å². The van der Waals surface area contributed by atoms with Gasteiger partial charge in [0.15, 0.2) is 10.9 Å². The molecule has 3 aromatic carbocycles. The van der Waals surface area contributed by atoms with Gasteiger partial charge in [-0.1, -0.05) is 59.8 Å². The molecule has 0 unspecified atom stereocenters. The minimum atomic E-state index is -0.237. The number of rotatable bonds is 6. The highest BCUT2D eigenvalue weighted by molar-refractivity contribution is 8.27. The molecular formula is C27H23ClN2O3S2. The number of thiocarbonyl (C=S) groups is 1. The Morgan fingerprint density at radius 3 is 2.40 bits per heavy atom. The average Bonchev–Trinajstić information content (AvgIpc) is 3.07. The largest absolute Gasteiger partial charge is 0.484 e. The molecule has 2 amide bonds. The van der Waals surface area contributed by atoms with Gasteiger partial charge >= 0.3 is 0 Å². The summed E-state index contributed by atoms with van der Waals surface area (Å²) in [5.74, 6) is 0.127. The number of carbonyl (C=O) groups is 2. The Morgan fingerprint density at radius 1 is 1.06 bits per heavy atom. The summed E-state index contributed by atoms with van der Waals surface area (Å²) in [6.45, 7) is 5.76. The first-order valence-electron chi connectivity index (χ1n) is 10.8. The van der Waals surface area contributed by atoms with Crippen LogP contribution in [0.3, 0.4) is 0 Å². The second-order valence-electron chi connectivity index (χ2n) is 8.23. The van der Waals surface area contributed by atoms with E-state index in [4.69, 9.17) is 28.6 Å². The Morgan fingerprint density at radius 2 is 1.74 bits per heavy atom. The summed E-state index contributed by atoms with van der Waals surface area (Å²) in [6, 6.07) is 18.5. The zero-order valence-corrected chi connectivity index (χ0v) is 21.8. The van der Waals surface area contributed by atoms with Crippen LogP contribution in [-0.2, 0) is 9.59 Å². The van der Waals surface area contributed by atoms with E-state index >= 15 is 0 Å². The molecule has 0 aliphatic carbocycles. The first-order chi connectivity index (χ1) is 16.7. The second kappa shape index (κ2) is 10.6. The lowest BCUT2D eigenvalue weighted by Crippen LogP contribution is -2.27. The van der Waals surface area contributed by atoms with Gasteiger partial charge < -0.3 is 10.1 Å². The van der Waals surface area contributed by atoms with Crippen LogP contribution in [0, 0.1) is 20.8 Å². The summed E-state index contributed by atoms with van der Waals surface area (Å²) in [5, 5.41) is 3.43. The average molecular weight is 523 g/mol. The highest BCUT2D eigenvalue weighted by Gasteiger charge is 2.33. The Balaban J connectivity index is 1.38. The number of hydrogen-bond donors (Lipinski definition) is 1. The van der Waals surface area contributed by atoms with Gasteiger partial charge in [0, 0.05) is 10.7 Å². The van der Waals surface area contributed by atoms with Crippen LogP contribution in [0.4, 0.5) is 11.4 Å². The number of carbonyl (C=O) groups excluding carboxylic acids is 2.